The minimum atomic E-state index is -0.669. The topological polar surface area (TPSA) is 33.5 Å². The maximum atomic E-state index is 15.8. The Kier molecular flexibility index (Phi) is 11.1. The predicted octanol–water partition coefficient (Wildman–Crippen LogP) is 15.6. The number of fused-ring (bicyclic) bond motifs is 4. The number of nitrogens with zero attached hydrogens (tertiary/aromatic N) is 4. The third kappa shape index (κ3) is 7.84. The van der Waals surface area contributed by atoms with Gasteiger partial charge in [0.25, 0.3) is 0 Å². The van der Waals surface area contributed by atoms with Gasteiger partial charge in [-0.1, -0.05) is 123 Å². The molecule has 1 aliphatic heterocycles. The SMILES string of the molecule is CC(C)(C)c1ccc2c(c1)N(c1c(F)cccc1F)[CH-]N2c1[c-]c(Oc2[c-]c3c(cc2)c2ccccc2n3-c2ccccn2)cc(-c2cc(-c3ccccc3)cc(-c3ccccc3)c2)c1.[Pt]. The summed E-state index contributed by atoms with van der Waals surface area (Å²) in [6.07, 6.45) is 1.79. The predicted molar refractivity (Wildman–Crippen MR) is 259 cm³/mol. The molecular weight excluding hydrogens is 1000 g/mol. The van der Waals surface area contributed by atoms with Crippen LogP contribution in [0.1, 0.15) is 26.3 Å². The Bertz CT molecular complexity index is 3330. The van der Waals surface area contributed by atoms with Crippen LogP contribution in [0.4, 0.5) is 31.5 Å². The number of halogens is 2. The molecule has 0 atom stereocenters. The zero-order chi connectivity index (χ0) is 44.2. The van der Waals surface area contributed by atoms with Gasteiger partial charge in [-0.15, -0.1) is 53.6 Å². The number of hydrogen-bond donors (Lipinski definition) is 0. The minimum Gasteiger partial charge on any atom is -0.509 e. The summed E-state index contributed by atoms with van der Waals surface area (Å²) in [5.74, 6) is 0.339. The molecule has 5 nitrogen and oxygen atoms in total. The van der Waals surface area contributed by atoms with Crippen LogP contribution in [0.3, 0.4) is 0 Å². The second kappa shape index (κ2) is 17.2. The van der Waals surface area contributed by atoms with Gasteiger partial charge >= 0.3 is 0 Å². The molecule has 0 N–H and O–H groups in total. The van der Waals surface area contributed by atoms with Crippen LogP contribution >= 0.6 is 0 Å². The van der Waals surface area contributed by atoms with Crippen LogP contribution in [-0.2, 0) is 26.5 Å². The Morgan fingerprint density at radius 2 is 1.17 bits per heavy atom. The summed E-state index contributed by atoms with van der Waals surface area (Å²) < 4.78 is 40.5. The molecular formula is C58H41F2N4OPt-3. The second-order valence-corrected chi connectivity index (χ2v) is 17.3. The van der Waals surface area contributed by atoms with Crippen molar-refractivity contribution in [2.24, 2.45) is 0 Å². The van der Waals surface area contributed by atoms with E-state index in [0.717, 1.165) is 72.3 Å². The van der Waals surface area contributed by atoms with Crippen LogP contribution in [0.15, 0.2) is 188 Å². The molecule has 0 amide bonds. The zero-order valence-corrected chi connectivity index (χ0v) is 38.5. The Balaban J connectivity index is 0.00000511. The molecule has 0 spiro atoms. The summed E-state index contributed by atoms with van der Waals surface area (Å²) in [6, 6.07) is 66.6. The molecule has 8 heteroatoms. The van der Waals surface area contributed by atoms with Crippen LogP contribution in [-0.4, -0.2) is 9.55 Å². The Labute approximate surface area is 397 Å². The quantitative estimate of drug-likeness (QED) is 0.142. The monoisotopic (exact) mass is 1040 g/mol. The van der Waals surface area contributed by atoms with E-state index in [1.165, 1.54) is 18.2 Å². The van der Waals surface area contributed by atoms with Crippen molar-refractivity contribution in [2.45, 2.75) is 26.2 Å². The fraction of sp³-hybridized carbons (Fsp3) is 0.0690. The van der Waals surface area contributed by atoms with E-state index < -0.39 is 11.6 Å². The summed E-state index contributed by atoms with van der Waals surface area (Å²) in [6.45, 7) is 8.10. The summed E-state index contributed by atoms with van der Waals surface area (Å²) >= 11 is 0. The third-order valence-electron chi connectivity index (χ3n) is 12.0. The first-order chi connectivity index (χ1) is 31.7. The number of benzene rings is 8. The number of rotatable bonds is 8. The fourth-order valence-electron chi connectivity index (χ4n) is 8.76. The van der Waals surface area contributed by atoms with E-state index in [1.54, 1.807) is 17.8 Å². The molecule has 326 valence electrons. The molecule has 0 bridgehead atoms. The van der Waals surface area contributed by atoms with Crippen LogP contribution in [0.5, 0.6) is 11.5 Å². The molecule has 0 aliphatic carbocycles. The van der Waals surface area contributed by atoms with Gasteiger partial charge in [0, 0.05) is 55.7 Å². The number of pyridine rings is 1. The Hall–Kier alpha value is -7.34. The summed E-state index contributed by atoms with van der Waals surface area (Å²) in [5.41, 5.74) is 10.5. The standard InChI is InChI=1S/C58H41F2N4O.Pt/c1-58(2,3)44-24-27-53-55(34-44)63(57-50(59)20-14-21-51(57)60)37-62(53)45-32-43(42-30-40(38-15-6-4-7-16-38)29-41(31-42)39-17-8-5-9-18-39)33-47(35-45)65-46-25-26-49-48-19-10-11-22-52(48)64(54(49)36-46)56-23-12-13-28-61-56;/h4-34,37H,1-3H3;/q-3;. The minimum absolute atomic E-state index is 0. The van der Waals surface area contributed by atoms with Gasteiger partial charge in [0.2, 0.25) is 0 Å². The van der Waals surface area contributed by atoms with Crippen molar-refractivity contribution in [3.63, 3.8) is 0 Å². The average Bonchev–Trinajstić information content (AvgIpc) is 3.87. The summed E-state index contributed by atoms with van der Waals surface area (Å²) in [5, 5.41) is 2.09. The fourth-order valence-corrected chi connectivity index (χ4v) is 8.76. The van der Waals surface area contributed by atoms with E-state index in [4.69, 9.17) is 9.72 Å². The van der Waals surface area contributed by atoms with Crippen molar-refractivity contribution >= 4 is 44.6 Å². The third-order valence-corrected chi connectivity index (χ3v) is 12.0. The van der Waals surface area contributed by atoms with Crippen molar-refractivity contribution in [1.82, 2.24) is 9.55 Å². The first-order valence-electron chi connectivity index (χ1n) is 21.6. The molecule has 0 saturated heterocycles. The molecule has 11 rings (SSSR count). The molecule has 10 aromatic rings. The second-order valence-electron chi connectivity index (χ2n) is 17.3. The molecule has 66 heavy (non-hydrogen) atoms. The van der Waals surface area contributed by atoms with Gasteiger partial charge in [-0.2, -0.15) is 6.07 Å². The van der Waals surface area contributed by atoms with E-state index in [1.807, 2.05) is 95.9 Å². The van der Waals surface area contributed by atoms with Gasteiger partial charge < -0.3 is 19.1 Å². The Morgan fingerprint density at radius 3 is 1.83 bits per heavy atom. The van der Waals surface area contributed by atoms with Crippen molar-refractivity contribution in [2.75, 3.05) is 9.80 Å². The molecule has 0 saturated carbocycles. The van der Waals surface area contributed by atoms with E-state index in [-0.39, 0.29) is 32.2 Å². The largest absolute Gasteiger partial charge is 0.509 e. The van der Waals surface area contributed by atoms with Crippen LogP contribution in [0.25, 0.3) is 61.0 Å². The number of aromatic nitrogens is 2. The van der Waals surface area contributed by atoms with E-state index in [2.05, 4.69) is 110 Å². The molecule has 3 heterocycles. The molecule has 0 radical (unpaired) electrons. The van der Waals surface area contributed by atoms with Crippen LogP contribution in [0, 0.1) is 30.4 Å². The van der Waals surface area contributed by atoms with E-state index >= 15 is 8.78 Å². The molecule has 0 fully saturated rings. The van der Waals surface area contributed by atoms with Crippen molar-refractivity contribution in [3.8, 4) is 50.7 Å². The van der Waals surface area contributed by atoms with Crippen molar-refractivity contribution in [3.05, 3.63) is 224 Å². The summed E-state index contributed by atoms with van der Waals surface area (Å²) in [7, 11) is 0. The van der Waals surface area contributed by atoms with E-state index in [0.29, 0.717) is 22.9 Å². The van der Waals surface area contributed by atoms with Gasteiger partial charge in [-0.05, 0) is 105 Å². The maximum absolute atomic E-state index is 15.8. The van der Waals surface area contributed by atoms with Gasteiger partial charge in [0.05, 0.1) is 5.69 Å². The van der Waals surface area contributed by atoms with Gasteiger partial charge in [0.15, 0.2) is 0 Å². The number of anilines is 4. The summed E-state index contributed by atoms with van der Waals surface area (Å²) in [4.78, 5) is 8.23. The number of ether oxygens (including phenoxy) is 1. The Morgan fingerprint density at radius 1 is 0.530 bits per heavy atom. The first kappa shape index (κ1) is 42.6. The van der Waals surface area contributed by atoms with Gasteiger partial charge in [0.1, 0.15) is 17.5 Å². The van der Waals surface area contributed by atoms with Crippen molar-refractivity contribution < 1.29 is 34.6 Å². The average molecular weight is 1040 g/mol. The van der Waals surface area contributed by atoms with Crippen molar-refractivity contribution in [1.29, 1.82) is 0 Å². The molecule has 0 unspecified atom stereocenters. The number of hydrogen-bond acceptors (Lipinski definition) is 4. The van der Waals surface area contributed by atoms with Gasteiger partial charge in [-0.3, -0.25) is 0 Å². The first-order valence-corrected chi connectivity index (χ1v) is 21.6. The number of para-hydroxylation sites is 2. The maximum Gasteiger partial charge on any atom is 0.147 e. The zero-order valence-electron chi connectivity index (χ0n) is 36.2. The molecule has 1 aliphatic rings. The molecule has 2 aromatic heterocycles. The van der Waals surface area contributed by atoms with E-state index in [9.17, 15) is 0 Å². The normalized spacial score (nSPS) is 12.4. The van der Waals surface area contributed by atoms with Crippen LogP contribution in [0.2, 0.25) is 0 Å². The molecule has 8 aromatic carbocycles. The smallest absolute Gasteiger partial charge is 0.147 e. The van der Waals surface area contributed by atoms with Gasteiger partial charge in [-0.25, -0.2) is 13.8 Å². The van der Waals surface area contributed by atoms with Crippen LogP contribution < -0.4 is 14.5 Å².